The van der Waals surface area contributed by atoms with Crippen LogP contribution in [-0.2, 0) is 19.7 Å². The number of H-pyrrole nitrogens is 1. The summed E-state index contributed by atoms with van der Waals surface area (Å²) in [7, 11) is -1.02. The lowest BCUT2D eigenvalue weighted by molar-refractivity contribution is -0.141. The van der Waals surface area contributed by atoms with E-state index in [0.717, 1.165) is 53.6 Å². The van der Waals surface area contributed by atoms with Gasteiger partial charge in [-0.3, -0.25) is 9.52 Å². The molecule has 2 aliphatic heterocycles. The van der Waals surface area contributed by atoms with Crippen molar-refractivity contribution in [3.8, 4) is 11.1 Å². The second-order valence-electron chi connectivity index (χ2n) is 11.5. The molecule has 0 unspecified atom stereocenters. The topological polar surface area (TPSA) is 117 Å². The number of ether oxygens (including phenoxy) is 2. The smallest absolute Gasteiger partial charge is 0.301 e. The van der Waals surface area contributed by atoms with Crippen molar-refractivity contribution in [1.29, 1.82) is 0 Å². The number of carbonyl (C=O) groups excluding carboxylic acids is 1. The van der Waals surface area contributed by atoms with E-state index in [1.54, 1.807) is 26.5 Å². The molecule has 0 bridgehead atoms. The first-order valence-electron chi connectivity index (χ1n) is 14.9. The number of piperidine rings is 1. The number of methoxy groups -OCH3 is 2. The van der Waals surface area contributed by atoms with Gasteiger partial charge in [0.25, 0.3) is 0 Å². The normalized spacial score (nSPS) is 18.1. The van der Waals surface area contributed by atoms with Gasteiger partial charge in [0.2, 0.25) is 5.78 Å². The van der Waals surface area contributed by atoms with E-state index in [-0.39, 0.29) is 31.4 Å². The molecule has 0 amide bonds. The van der Waals surface area contributed by atoms with E-state index >= 15 is 4.39 Å². The second kappa shape index (κ2) is 13.0. The number of carbonyl (C=O) groups is 1. The van der Waals surface area contributed by atoms with Crippen LogP contribution in [0.1, 0.15) is 35.2 Å². The number of nitrogens with one attached hydrogen (secondary N) is 2. The number of pyridine rings is 1. The van der Waals surface area contributed by atoms with Gasteiger partial charge in [0.15, 0.2) is 12.1 Å². The molecule has 0 spiro atoms. The number of hydrogen-bond acceptors (Lipinski definition) is 7. The lowest BCUT2D eigenvalue weighted by atomic mass is 9.95. The Hall–Kier alpha value is -3.98. The summed E-state index contributed by atoms with van der Waals surface area (Å²) in [6.45, 7) is 1.27. The highest BCUT2D eigenvalue weighted by Crippen LogP contribution is 2.32. The first-order chi connectivity index (χ1) is 22.1. The molecule has 4 aromatic rings. The van der Waals surface area contributed by atoms with Gasteiger partial charge in [0.1, 0.15) is 17.6 Å². The van der Waals surface area contributed by atoms with Gasteiger partial charge < -0.3 is 19.4 Å². The maximum Gasteiger partial charge on any atom is 0.301 e. The highest BCUT2D eigenvalue weighted by molar-refractivity contribution is 7.90. The molecule has 244 valence electrons. The Bertz CT molecular complexity index is 1840. The number of anilines is 2. The van der Waals surface area contributed by atoms with Gasteiger partial charge in [-0.2, -0.15) is 12.7 Å². The SMILES string of the molecule is COC(OC)C1CCN(c2ccc(-c3cnc4[nH]cc(C(=O)c5c(F)ccc(NS(=O)(=O)N6CC[C@@H](F)C6)c5F)c4c3)cc2)CC1. The molecule has 0 aliphatic carbocycles. The molecule has 10 nitrogen and oxygen atoms in total. The summed E-state index contributed by atoms with van der Waals surface area (Å²) in [5, 5.41) is 0.343. The van der Waals surface area contributed by atoms with E-state index in [0.29, 0.717) is 22.5 Å². The quantitative estimate of drug-likeness (QED) is 0.176. The molecular formula is C32H34F3N5O5S. The lowest BCUT2D eigenvalue weighted by Gasteiger charge is -2.36. The van der Waals surface area contributed by atoms with Crippen LogP contribution in [-0.4, -0.2) is 81.3 Å². The van der Waals surface area contributed by atoms with Crippen molar-refractivity contribution in [1.82, 2.24) is 14.3 Å². The van der Waals surface area contributed by atoms with E-state index in [9.17, 15) is 22.0 Å². The Labute approximate surface area is 264 Å². The third kappa shape index (κ3) is 6.21. The zero-order valence-corrected chi connectivity index (χ0v) is 26.1. The van der Waals surface area contributed by atoms with Gasteiger partial charge in [0, 0.05) is 80.9 Å². The molecule has 2 fully saturated rings. The fraction of sp³-hybridized carbons (Fsp3) is 0.375. The number of rotatable bonds is 10. The number of aromatic nitrogens is 2. The molecule has 2 aromatic heterocycles. The molecule has 4 heterocycles. The van der Waals surface area contributed by atoms with Crippen LogP contribution in [0.3, 0.4) is 0 Å². The molecule has 14 heteroatoms. The number of fused-ring (bicyclic) bond motifs is 1. The van der Waals surface area contributed by atoms with Crippen molar-refractivity contribution in [2.24, 2.45) is 5.92 Å². The summed E-state index contributed by atoms with van der Waals surface area (Å²) in [5.41, 5.74) is 1.34. The van der Waals surface area contributed by atoms with Crippen LogP contribution in [0.15, 0.2) is 54.9 Å². The van der Waals surface area contributed by atoms with Crippen LogP contribution in [0.4, 0.5) is 24.5 Å². The van der Waals surface area contributed by atoms with E-state index < -0.39 is 45.0 Å². The summed E-state index contributed by atoms with van der Waals surface area (Å²) >= 11 is 0. The largest absolute Gasteiger partial charge is 0.372 e. The summed E-state index contributed by atoms with van der Waals surface area (Å²) in [6.07, 6.45) is 3.30. The third-order valence-electron chi connectivity index (χ3n) is 8.72. The third-order valence-corrected chi connectivity index (χ3v) is 10.2. The summed E-state index contributed by atoms with van der Waals surface area (Å²) in [4.78, 5) is 23.1. The number of benzene rings is 2. The van der Waals surface area contributed by atoms with E-state index in [1.807, 2.05) is 29.0 Å². The number of nitrogens with zero attached hydrogens (tertiary/aromatic N) is 3. The minimum Gasteiger partial charge on any atom is -0.372 e. The van der Waals surface area contributed by atoms with E-state index in [1.165, 1.54) is 6.20 Å². The first kappa shape index (κ1) is 32.0. The fourth-order valence-electron chi connectivity index (χ4n) is 6.21. The Morgan fingerprint density at radius 3 is 2.39 bits per heavy atom. The van der Waals surface area contributed by atoms with Crippen LogP contribution in [0, 0.1) is 17.6 Å². The average Bonchev–Trinajstić information content (AvgIpc) is 3.70. The van der Waals surface area contributed by atoms with Gasteiger partial charge >= 0.3 is 10.2 Å². The summed E-state index contributed by atoms with van der Waals surface area (Å²) in [5.74, 6) is -3.19. The second-order valence-corrected chi connectivity index (χ2v) is 13.2. The van der Waals surface area contributed by atoms with Gasteiger partial charge in [-0.15, -0.1) is 0 Å². The Morgan fingerprint density at radius 2 is 1.74 bits per heavy atom. The molecule has 2 saturated heterocycles. The van der Waals surface area contributed by atoms with E-state index in [2.05, 4.69) is 14.9 Å². The van der Waals surface area contributed by atoms with Crippen molar-refractivity contribution in [2.75, 3.05) is 50.0 Å². The molecule has 2 aliphatic rings. The van der Waals surface area contributed by atoms with Gasteiger partial charge in [0.05, 0.1) is 11.3 Å². The molecule has 0 radical (unpaired) electrons. The summed E-state index contributed by atoms with van der Waals surface area (Å²) in [6, 6.07) is 11.3. The zero-order valence-electron chi connectivity index (χ0n) is 25.3. The number of alkyl halides is 1. The van der Waals surface area contributed by atoms with Crippen molar-refractivity contribution in [2.45, 2.75) is 31.7 Å². The predicted molar refractivity (Wildman–Crippen MR) is 168 cm³/mol. The lowest BCUT2D eigenvalue weighted by Crippen LogP contribution is -2.39. The Kier molecular flexibility index (Phi) is 9.06. The minimum atomic E-state index is -4.33. The minimum absolute atomic E-state index is 0.0150. The van der Waals surface area contributed by atoms with E-state index in [4.69, 9.17) is 9.47 Å². The van der Waals surface area contributed by atoms with Crippen LogP contribution in [0.2, 0.25) is 0 Å². The summed E-state index contributed by atoms with van der Waals surface area (Å²) < 4.78 is 83.2. The highest BCUT2D eigenvalue weighted by Gasteiger charge is 2.33. The average molecular weight is 658 g/mol. The molecule has 2 aromatic carbocycles. The van der Waals surface area contributed by atoms with Gasteiger partial charge in [-0.25, -0.2) is 18.2 Å². The molecule has 0 saturated carbocycles. The van der Waals surface area contributed by atoms with Crippen LogP contribution in [0.25, 0.3) is 22.2 Å². The Balaban J connectivity index is 1.23. The number of aromatic amines is 1. The van der Waals surface area contributed by atoms with Crippen molar-refractivity contribution in [3.63, 3.8) is 0 Å². The number of hydrogen-bond donors (Lipinski definition) is 2. The van der Waals surface area contributed by atoms with Gasteiger partial charge in [-0.05, 0) is 55.2 Å². The van der Waals surface area contributed by atoms with Crippen molar-refractivity contribution < 1.29 is 35.9 Å². The molecular weight excluding hydrogens is 623 g/mol. The zero-order chi connectivity index (χ0) is 32.6. The van der Waals surface area contributed by atoms with Crippen LogP contribution in [0.5, 0.6) is 0 Å². The molecule has 1 atom stereocenters. The van der Waals surface area contributed by atoms with Gasteiger partial charge in [-0.1, -0.05) is 12.1 Å². The van der Waals surface area contributed by atoms with Crippen molar-refractivity contribution in [3.05, 3.63) is 77.6 Å². The molecule has 2 N–H and O–H groups in total. The van der Waals surface area contributed by atoms with Crippen LogP contribution >= 0.6 is 0 Å². The number of ketones is 1. The standard InChI is InChI=1S/C32H34F3N5O5S/c1-44-32(45-2)20-9-12-39(13-10-20)23-5-3-19(4-6-23)21-15-24-25(17-37-31(24)36-16-21)30(41)28-26(34)7-8-27(29(28)35)38-46(42,43)40-14-11-22(33)18-40/h3-8,15-17,20,22,32,38H,9-14,18H2,1-2H3,(H,36,37)/t22-/m1/s1. The molecule has 6 rings (SSSR count). The molecule has 46 heavy (non-hydrogen) atoms. The maximum absolute atomic E-state index is 15.6. The predicted octanol–water partition coefficient (Wildman–Crippen LogP) is 5.27. The Morgan fingerprint density at radius 1 is 1.02 bits per heavy atom. The maximum atomic E-state index is 15.6. The highest BCUT2D eigenvalue weighted by atomic mass is 32.2. The number of halogens is 3. The fourth-order valence-corrected chi connectivity index (χ4v) is 7.48. The van der Waals surface area contributed by atoms with Crippen molar-refractivity contribution >= 4 is 38.4 Å². The van der Waals surface area contributed by atoms with Crippen LogP contribution < -0.4 is 9.62 Å². The monoisotopic (exact) mass is 657 g/mol. The first-order valence-corrected chi connectivity index (χ1v) is 16.4.